The van der Waals surface area contributed by atoms with Crippen LogP contribution in [0.4, 0.5) is 0 Å². The summed E-state index contributed by atoms with van der Waals surface area (Å²) in [5.74, 6) is 0.721. The number of carbonyl (C=O) groups is 1. The molecule has 0 aromatic carbocycles. The van der Waals surface area contributed by atoms with Gasteiger partial charge in [0.15, 0.2) is 0 Å². The number of methoxy groups -OCH3 is 1. The molecule has 0 bridgehead atoms. The molecule has 4 nitrogen and oxygen atoms in total. The minimum Gasteiger partial charge on any atom is -0.468 e. The number of nitrogens with one attached hydrogen (secondary N) is 1. The summed E-state index contributed by atoms with van der Waals surface area (Å²) in [6.45, 7) is 1.87. The maximum atomic E-state index is 11.6. The van der Waals surface area contributed by atoms with E-state index in [9.17, 15) is 4.79 Å². The Hall–Kier alpha value is -1.07. The van der Waals surface area contributed by atoms with Gasteiger partial charge in [-0.1, -0.05) is 6.07 Å². The van der Waals surface area contributed by atoms with E-state index in [-0.39, 0.29) is 5.97 Å². The lowest BCUT2D eigenvalue weighted by molar-refractivity contribution is -0.148. The quantitative estimate of drug-likeness (QED) is 0.466. The van der Waals surface area contributed by atoms with Crippen molar-refractivity contribution in [3.63, 3.8) is 0 Å². The number of nitrogens with zero attached hydrogens (tertiary/aromatic N) is 1. The van der Waals surface area contributed by atoms with Crippen molar-refractivity contribution in [2.45, 2.75) is 30.3 Å². The maximum absolute atomic E-state index is 11.6. The number of hydrogen-bond acceptors (Lipinski definition) is 5. The van der Waals surface area contributed by atoms with Gasteiger partial charge in [-0.25, -0.2) is 4.98 Å². The molecule has 1 rings (SSSR count). The molecule has 1 unspecified atom stereocenters. The SMILES string of the molecule is CNC(C)(CCCSc1ccccn1)C(=O)OC. The van der Waals surface area contributed by atoms with E-state index >= 15 is 0 Å². The van der Waals surface area contributed by atoms with Crippen molar-refractivity contribution in [2.24, 2.45) is 0 Å². The summed E-state index contributed by atoms with van der Waals surface area (Å²) < 4.78 is 4.80. The highest BCUT2D eigenvalue weighted by atomic mass is 32.2. The highest BCUT2D eigenvalue weighted by molar-refractivity contribution is 7.99. The number of rotatable bonds is 7. The van der Waals surface area contributed by atoms with Crippen LogP contribution in [0.5, 0.6) is 0 Å². The van der Waals surface area contributed by atoms with E-state index in [1.165, 1.54) is 7.11 Å². The molecule has 0 aliphatic rings. The first-order valence-corrected chi connectivity index (χ1v) is 6.92. The van der Waals surface area contributed by atoms with Gasteiger partial charge in [-0.3, -0.25) is 4.79 Å². The number of thioether (sulfide) groups is 1. The fraction of sp³-hybridized carbons (Fsp3) is 0.538. The average molecular weight is 268 g/mol. The van der Waals surface area contributed by atoms with Crippen LogP contribution in [0.25, 0.3) is 0 Å². The number of esters is 1. The summed E-state index contributed by atoms with van der Waals surface area (Å²) in [5, 5.41) is 4.04. The lowest BCUT2D eigenvalue weighted by atomic mass is 9.97. The number of likely N-dealkylation sites (N-methyl/N-ethyl adjacent to an activating group) is 1. The van der Waals surface area contributed by atoms with Gasteiger partial charge in [-0.05, 0) is 44.7 Å². The van der Waals surface area contributed by atoms with Gasteiger partial charge in [0.25, 0.3) is 0 Å². The van der Waals surface area contributed by atoms with Crippen LogP contribution < -0.4 is 5.32 Å². The van der Waals surface area contributed by atoms with Gasteiger partial charge in [-0.2, -0.15) is 0 Å². The molecule has 1 atom stereocenters. The Balaban J connectivity index is 2.34. The summed E-state index contributed by atoms with van der Waals surface area (Å²) in [5.41, 5.74) is -0.598. The lowest BCUT2D eigenvalue weighted by Crippen LogP contribution is -2.48. The normalized spacial score (nSPS) is 13.9. The van der Waals surface area contributed by atoms with Crippen LogP contribution in [0.2, 0.25) is 0 Å². The van der Waals surface area contributed by atoms with Crippen molar-refractivity contribution < 1.29 is 9.53 Å². The minimum atomic E-state index is -0.598. The molecule has 0 spiro atoms. The van der Waals surface area contributed by atoms with Crippen LogP contribution in [-0.4, -0.2) is 36.4 Å². The number of pyridine rings is 1. The second kappa shape index (κ2) is 7.38. The van der Waals surface area contributed by atoms with Gasteiger partial charge < -0.3 is 10.1 Å². The van der Waals surface area contributed by atoms with Gasteiger partial charge >= 0.3 is 5.97 Å². The molecule has 1 aromatic rings. The van der Waals surface area contributed by atoms with Crippen LogP contribution in [0.3, 0.4) is 0 Å². The Kier molecular flexibility index (Phi) is 6.15. The number of carbonyl (C=O) groups excluding carboxylic acids is 1. The highest BCUT2D eigenvalue weighted by Crippen LogP contribution is 2.20. The summed E-state index contributed by atoms with van der Waals surface area (Å²) in [6.07, 6.45) is 3.46. The molecule has 1 N–H and O–H groups in total. The first kappa shape index (κ1) is 15.0. The van der Waals surface area contributed by atoms with E-state index < -0.39 is 5.54 Å². The monoisotopic (exact) mass is 268 g/mol. The van der Waals surface area contributed by atoms with E-state index in [1.54, 1.807) is 25.0 Å². The Morgan fingerprint density at radius 2 is 2.33 bits per heavy atom. The van der Waals surface area contributed by atoms with E-state index in [4.69, 9.17) is 4.74 Å². The fourth-order valence-electron chi connectivity index (χ4n) is 1.59. The number of hydrogen-bond donors (Lipinski definition) is 1. The molecule has 100 valence electrons. The summed E-state index contributed by atoms with van der Waals surface area (Å²) in [7, 11) is 3.20. The second-order valence-electron chi connectivity index (χ2n) is 4.19. The molecule has 1 heterocycles. The zero-order valence-corrected chi connectivity index (χ0v) is 11.9. The van der Waals surface area contributed by atoms with Crippen molar-refractivity contribution in [2.75, 3.05) is 19.9 Å². The molecule has 0 aliphatic heterocycles. The largest absolute Gasteiger partial charge is 0.468 e. The van der Waals surface area contributed by atoms with Crippen LogP contribution >= 0.6 is 11.8 Å². The lowest BCUT2D eigenvalue weighted by Gasteiger charge is -2.25. The molecule has 0 saturated heterocycles. The van der Waals surface area contributed by atoms with Crippen LogP contribution in [0, 0.1) is 0 Å². The Bertz CT molecular complexity index is 373. The minimum absolute atomic E-state index is 0.215. The standard InChI is InChI=1S/C13H20N2O2S/c1-13(14-2,12(16)17-3)8-6-10-18-11-7-4-5-9-15-11/h4-5,7,9,14H,6,8,10H2,1-3H3. The third-order valence-electron chi connectivity index (χ3n) is 2.90. The summed E-state index contributed by atoms with van der Waals surface area (Å²) >= 11 is 1.70. The smallest absolute Gasteiger partial charge is 0.325 e. The van der Waals surface area contributed by atoms with E-state index in [0.717, 1.165) is 23.6 Å². The van der Waals surface area contributed by atoms with Crippen molar-refractivity contribution in [1.82, 2.24) is 10.3 Å². The highest BCUT2D eigenvalue weighted by Gasteiger charge is 2.31. The number of aromatic nitrogens is 1. The first-order valence-electron chi connectivity index (χ1n) is 5.93. The molecule has 0 aliphatic carbocycles. The first-order chi connectivity index (χ1) is 8.62. The van der Waals surface area contributed by atoms with E-state index in [0.29, 0.717) is 0 Å². The van der Waals surface area contributed by atoms with Crippen LogP contribution in [0.15, 0.2) is 29.4 Å². The predicted molar refractivity (Wildman–Crippen MR) is 73.7 cm³/mol. The van der Waals surface area contributed by atoms with Crippen molar-refractivity contribution in [1.29, 1.82) is 0 Å². The third kappa shape index (κ3) is 4.31. The van der Waals surface area contributed by atoms with Crippen molar-refractivity contribution in [3.05, 3.63) is 24.4 Å². The average Bonchev–Trinajstić information content (AvgIpc) is 2.43. The van der Waals surface area contributed by atoms with E-state index in [2.05, 4.69) is 10.3 Å². The summed E-state index contributed by atoms with van der Waals surface area (Å²) in [6, 6.07) is 5.86. The zero-order valence-electron chi connectivity index (χ0n) is 11.1. The predicted octanol–water partition coefficient (Wildman–Crippen LogP) is 2.10. The molecule has 5 heteroatoms. The van der Waals surface area contributed by atoms with Gasteiger partial charge in [0, 0.05) is 6.20 Å². The second-order valence-corrected chi connectivity index (χ2v) is 5.31. The topological polar surface area (TPSA) is 51.2 Å². The van der Waals surface area contributed by atoms with Crippen LogP contribution in [-0.2, 0) is 9.53 Å². The Morgan fingerprint density at radius 1 is 1.56 bits per heavy atom. The fourth-order valence-corrected chi connectivity index (χ4v) is 2.40. The maximum Gasteiger partial charge on any atom is 0.325 e. The summed E-state index contributed by atoms with van der Waals surface area (Å²) in [4.78, 5) is 15.9. The van der Waals surface area contributed by atoms with Crippen LogP contribution in [0.1, 0.15) is 19.8 Å². The zero-order chi connectivity index (χ0) is 13.4. The molecule has 0 amide bonds. The molecule has 1 aromatic heterocycles. The van der Waals surface area contributed by atoms with Crippen molar-refractivity contribution in [3.8, 4) is 0 Å². The van der Waals surface area contributed by atoms with E-state index in [1.807, 2.05) is 25.1 Å². The van der Waals surface area contributed by atoms with Gasteiger partial charge in [-0.15, -0.1) is 11.8 Å². The van der Waals surface area contributed by atoms with Gasteiger partial charge in [0.1, 0.15) is 5.54 Å². The van der Waals surface area contributed by atoms with Gasteiger partial charge in [0.2, 0.25) is 0 Å². The van der Waals surface area contributed by atoms with Gasteiger partial charge in [0.05, 0.1) is 12.1 Å². The third-order valence-corrected chi connectivity index (χ3v) is 3.93. The van der Waals surface area contributed by atoms with Crippen molar-refractivity contribution >= 4 is 17.7 Å². The Labute approximate surface area is 113 Å². The molecule has 0 radical (unpaired) electrons. The molecule has 18 heavy (non-hydrogen) atoms. The molecule has 0 saturated carbocycles. The molecular formula is C13H20N2O2S. The Morgan fingerprint density at radius 3 is 2.89 bits per heavy atom. The molecule has 0 fully saturated rings. The molecular weight excluding hydrogens is 248 g/mol. The number of ether oxygens (including phenoxy) is 1.